The van der Waals surface area contributed by atoms with Crippen LogP contribution in [0.1, 0.15) is 24.1 Å². The molecule has 0 atom stereocenters. The third kappa shape index (κ3) is 4.28. The number of alkyl halides is 3. The fraction of sp³-hybridized carbons (Fsp3) is 0.174. The number of pyridine rings is 1. The van der Waals surface area contributed by atoms with Gasteiger partial charge in [0.25, 0.3) is 0 Å². The molecule has 2 N–H and O–H groups in total. The zero-order chi connectivity index (χ0) is 25.7. The fourth-order valence-corrected chi connectivity index (χ4v) is 4.29. The van der Waals surface area contributed by atoms with E-state index < -0.39 is 34.8 Å². The van der Waals surface area contributed by atoms with Crippen LogP contribution in [-0.4, -0.2) is 31.5 Å². The number of nitrogens with one attached hydrogen (secondary N) is 2. The number of hydrogen-bond donors (Lipinski definition) is 2. The number of halogens is 6. The molecule has 0 spiro atoms. The maximum Gasteiger partial charge on any atom is 0.433 e. The topological polar surface area (TPSA) is 96.5 Å². The standard InChI is InChI=1S/C23H14ClF5N6O/c24-15-9-13(31-21(36)22(5-6-22)12-2-3-16(25)17(26)7-12)8-14(20-32-34-35-33-20)19(15)11-1-4-18(30-10-11)23(27,28)29/h1-4,7-10H,5-6H2,(H,31,36)(H,32,33,34,35). The van der Waals surface area contributed by atoms with Crippen LogP contribution < -0.4 is 5.32 Å². The summed E-state index contributed by atoms with van der Waals surface area (Å²) in [6, 6.07) is 8.29. The van der Waals surface area contributed by atoms with Gasteiger partial charge in [-0.1, -0.05) is 23.7 Å². The van der Waals surface area contributed by atoms with Crippen molar-refractivity contribution in [2.24, 2.45) is 0 Å². The lowest BCUT2D eigenvalue weighted by atomic mass is 9.94. The Bertz CT molecular complexity index is 1450. The molecule has 184 valence electrons. The first kappa shape index (κ1) is 23.8. The normalized spacial score (nSPS) is 14.5. The minimum atomic E-state index is -4.61. The molecule has 0 aliphatic heterocycles. The first-order chi connectivity index (χ1) is 17.1. The summed E-state index contributed by atoms with van der Waals surface area (Å²) < 4.78 is 66.0. The summed E-state index contributed by atoms with van der Waals surface area (Å²) in [6.07, 6.45) is -2.71. The first-order valence-corrected chi connectivity index (χ1v) is 10.8. The van der Waals surface area contributed by atoms with E-state index in [2.05, 4.69) is 30.9 Å². The number of amides is 1. The summed E-state index contributed by atoms with van der Waals surface area (Å²) in [5.41, 5.74) is -0.659. The van der Waals surface area contributed by atoms with Gasteiger partial charge >= 0.3 is 6.18 Å². The van der Waals surface area contributed by atoms with Crippen molar-refractivity contribution in [3.8, 4) is 22.5 Å². The highest BCUT2D eigenvalue weighted by Crippen LogP contribution is 2.49. The largest absolute Gasteiger partial charge is 0.433 e. The number of aromatic amines is 1. The lowest BCUT2D eigenvalue weighted by Crippen LogP contribution is -2.28. The Morgan fingerprint density at radius 2 is 1.83 bits per heavy atom. The maximum absolute atomic E-state index is 13.8. The average molecular weight is 521 g/mol. The Kier molecular flexibility index (Phi) is 5.70. The molecule has 1 saturated carbocycles. The zero-order valence-electron chi connectivity index (χ0n) is 18.0. The van der Waals surface area contributed by atoms with Crippen molar-refractivity contribution in [1.29, 1.82) is 0 Å². The van der Waals surface area contributed by atoms with Gasteiger partial charge in [-0.25, -0.2) is 13.9 Å². The van der Waals surface area contributed by atoms with E-state index >= 15 is 0 Å². The maximum atomic E-state index is 13.8. The highest BCUT2D eigenvalue weighted by molar-refractivity contribution is 6.34. The number of anilines is 1. The monoisotopic (exact) mass is 520 g/mol. The minimum Gasteiger partial charge on any atom is -0.325 e. The summed E-state index contributed by atoms with van der Waals surface area (Å²) in [5, 5.41) is 16.3. The van der Waals surface area contributed by atoms with E-state index in [0.717, 1.165) is 24.4 Å². The predicted octanol–water partition coefficient (Wildman–Crippen LogP) is 5.55. The third-order valence-corrected chi connectivity index (χ3v) is 6.25. The van der Waals surface area contributed by atoms with Gasteiger partial charge < -0.3 is 5.32 Å². The van der Waals surface area contributed by atoms with Gasteiger partial charge in [0.2, 0.25) is 5.91 Å². The van der Waals surface area contributed by atoms with E-state index in [4.69, 9.17) is 11.6 Å². The second-order valence-electron chi connectivity index (χ2n) is 8.23. The van der Waals surface area contributed by atoms with E-state index in [1.807, 2.05) is 0 Å². The van der Waals surface area contributed by atoms with Crippen LogP contribution in [0.5, 0.6) is 0 Å². The molecular weight excluding hydrogens is 507 g/mol. The van der Waals surface area contributed by atoms with Crippen molar-refractivity contribution in [1.82, 2.24) is 25.6 Å². The number of rotatable bonds is 5. The average Bonchev–Trinajstić information content (AvgIpc) is 3.46. The van der Waals surface area contributed by atoms with Crippen molar-refractivity contribution in [3.63, 3.8) is 0 Å². The Labute approximate surface area is 204 Å². The molecule has 7 nitrogen and oxygen atoms in total. The molecule has 2 aromatic heterocycles. The molecule has 0 radical (unpaired) electrons. The number of hydrogen-bond acceptors (Lipinski definition) is 5. The molecular formula is C23H14ClF5N6O. The summed E-state index contributed by atoms with van der Waals surface area (Å²) in [4.78, 5) is 16.6. The molecule has 0 saturated heterocycles. The summed E-state index contributed by atoms with van der Waals surface area (Å²) in [5.74, 6) is -2.37. The van der Waals surface area contributed by atoms with Gasteiger partial charge in [-0.05, 0) is 59.2 Å². The molecule has 5 rings (SSSR count). The van der Waals surface area contributed by atoms with Gasteiger partial charge in [-0.3, -0.25) is 9.78 Å². The summed E-state index contributed by atoms with van der Waals surface area (Å²) in [7, 11) is 0. The smallest absolute Gasteiger partial charge is 0.325 e. The third-order valence-electron chi connectivity index (χ3n) is 5.95. The molecule has 0 bridgehead atoms. The van der Waals surface area contributed by atoms with Crippen LogP contribution in [0.25, 0.3) is 22.5 Å². The molecule has 0 unspecified atom stereocenters. The van der Waals surface area contributed by atoms with Crippen LogP contribution in [0.3, 0.4) is 0 Å². The number of aromatic nitrogens is 5. The Morgan fingerprint density at radius 3 is 2.42 bits per heavy atom. The quantitative estimate of drug-likeness (QED) is 0.336. The molecule has 13 heteroatoms. The van der Waals surface area contributed by atoms with Crippen LogP contribution in [0, 0.1) is 11.6 Å². The highest BCUT2D eigenvalue weighted by atomic mass is 35.5. The first-order valence-electron chi connectivity index (χ1n) is 10.5. The van der Waals surface area contributed by atoms with Crippen molar-refractivity contribution < 1.29 is 26.7 Å². The van der Waals surface area contributed by atoms with E-state index in [1.165, 1.54) is 24.3 Å². The Balaban J connectivity index is 1.51. The second-order valence-corrected chi connectivity index (χ2v) is 8.63. The van der Waals surface area contributed by atoms with Gasteiger partial charge in [0.1, 0.15) is 5.69 Å². The summed E-state index contributed by atoms with van der Waals surface area (Å²) >= 11 is 6.51. The van der Waals surface area contributed by atoms with E-state index in [-0.39, 0.29) is 27.7 Å². The number of nitrogens with zero attached hydrogens (tertiary/aromatic N) is 4. The second kappa shape index (κ2) is 8.63. The molecule has 1 aliphatic carbocycles. The number of benzene rings is 2. The molecule has 1 amide bonds. The fourth-order valence-electron chi connectivity index (χ4n) is 3.96. The Hall–Kier alpha value is -3.93. The molecule has 4 aromatic rings. The van der Waals surface area contributed by atoms with Crippen LogP contribution in [-0.2, 0) is 16.4 Å². The lowest BCUT2D eigenvalue weighted by Gasteiger charge is -2.18. The van der Waals surface area contributed by atoms with Gasteiger partial charge in [-0.2, -0.15) is 13.2 Å². The van der Waals surface area contributed by atoms with Gasteiger partial charge in [-0.15, -0.1) is 5.10 Å². The SMILES string of the molecule is O=C(Nc1cc(Cl)c(-c2ccc(C(F)(F)F)nc2)c(-c2nnn[nH]2)c1)C1(c2ccc(F)c(F)c2)CC1. The number of carbonyl (C=O) groups excluding carboxylic acids is 1. The number of carbonyl (C=O) groups is 1. The Morgan fingerprint density at radius 1 is 1.06 bits per heavy atom. The van der Waals surface area contributed by atoms with Crippen molar-refractivity contribution in [2.75, 3.05) is 5.32 Å². The molecule has 1 fully saturated rings. The lowest BCUT2D eigenvalue weighted by molar-refractivity contribution is -0.141. The van der Waals surface area contributed by atoms with Crippen LogP contribution in [0.4, 0.5) is 27.6 Å². The van der Waals surface area contributed by atoms with Gasteiger partial charge in [0.15, 0.2) is 17.5 Å². The van der Waals surface area contributed by atoms with Crippen molar-refractivity contribution >= 4 is 23.2 Å². The van der Waals surface area contributed by atoms with Gasteiger partial charge in [0, 0.05) is 28.6 Å². The predicted molar refractivity (Wildman–Crippen MR) is 119 cm³/mol. The highest BCUT2D eigenvalue weighted by Gasteiger charge is 2.51. The molecule has 2 aromatic carbocycles. The summed E-state index contributed by atoms with van der Waals surface area (Å²) in [6.45, 7) is 0. The van der Waals surface area contributed by atoms with Crippen molar-refractivity contribution in [3.05, 3.63) is 76.6 Å². The molecule has 1 aliphatic rings. The number of H-pyrrole nitrogens is 1. The number of tetrazole rings is 1. The van der Waals surface area contributed by atoms with Crippen LogP contribution >= 0.6 is 11.6 Å². The van der Waals surface area contributed by atoms with Crippen LogP contribution in [0.2, 0.25) is 5.02 Å². The van der Waals surface area contributed by atoms with E-state index in [1.54, 1.807) is 0 Å². The van der Waals surface area contributed by atoms with Crippen LogP contribution in [0.15, 0.2) is 48.7 Å². The minimum absolute atomic E-state index is 0.0819. The van der Waals surface area contributed by atoms with Gasteiger partial charge in [0.05, 0.1) is 10.4 Å². The van der Waals surface area contributed by atoms with Crippen molar-refractivity contribution in [2.45, 2.75) is 24.4 Å². The molecule has 36 heavy (non-hydrogen) atoms. The van der Waals surface area contributed by atoms with E-state index in [0.29, 0.717) is 24.0 Å². The van der Waals surface area contributed by atoms with E-state index in [9.17, 15) is 26.7 Å². The zero-order valence-corrected chi connectivity index (χ0v) is 18.8. The molecule has 2 heterocycles.